The molecule has 1 aromatic rings. The standard InChI is InChI=1S/C23H35ClN2O2.2ClH/c1-22(2)17-7-8-23(3,14-17)21(22)28-16-20(27)15-25-9-11-26(12-10-25)19-6-4-5-18(24)13-19;;/h4-6,13,17,20-21,27H,7-12,14-16H2,1-3H3;2*1H. The van der Waals surface area contributed by atoms with Gasteiger partial charge in [-0.1, -0.05) is 38.4 Å². The van der Waals surface area contributed by atoms with E-state index in [-0.39, 0.29) is 36.3 Å². The van der Waals surface area contributed by atoms with Crippen LogP contribution in [-0.4, -0.2) is 61.5 Å². The van der Waals surface area contributed by atoms with Gasteiger partial charge in [-0.2, -0.15) is 0 Å². The molecule has 2 saturated carbocycles. The number of benzene rings is 1. The lowest BCUT2D eigenvalue weighted by Crippen LogP contribution is -2.50. The second kappa shape index (κ2) is 10.1. The van der Waals surface area contributed by atoms with E-state index in [4.69, 9.17) is 16.3 Å². The average molecular weight is 480 g/mol. The smallest absolute Gasteiger partial charge is 0.0900 e. The van der Waals surface area contributed by atoms with Crippen LogP contribution in [0.1, 0.15) is 40.0 Å². The van der Waals surface area contributed by atoms with E-state index in [1.54, 1.807) is 0 Å². The number of fused-ring (bicyclic) bond motifs is 2. The fourth-order valence-electron chi connectivity index (χ4n) is 6.09. The lowest BCUT2D eigenvalue weighted by Gasteiger charge is -2.43. The van der Waals surface area contributed by atoms with Crippen LogP contribution in [0.25, 0.3) is 0 Å². The van der Waals surface area contributed by atoms with Crippen LogP contribution in [0.4, 0.5) is 5.69 Å². The van der Waals surface area contributed by atoms with Gasteiger partial charge in [0.2, 0.25) is 0 Å². The van der Waals surface area contributed by atoms with E-state index in [0.29, 0.717) is 18.6 Å². The number of hydrogen-bond acceptors (Lipinski definition) is 4. The number of hydrogen-bond donors (Lipinski definition) is 1. The van der Waals surface area contributed by atoms with Crippen LogP contribution in [0.2, 0.25) is 5.02 Å². The minimum atomic E-state index is -0.420. The molecular formula is C23H37Cl3N2O2. The molecular weight excluding hydrogens is 443 g/mol. The summed E-state index contributed by atoms with van der Waals surface area (Å²) >= 11 is 6.12. The molecule has 1 saturated heterocycles. The van der Waals surface area contributed by atoms with Crippen molar-refractivity contribution >= 4 is 42.1 Å². The fourth-order valence-corrected chi connectivity index (χ4v) is 6.28. The van der Waals surface area contributed by atoms with E-state index >= 15 is 0 Å². The molecule has 0 amide bonds. The van der Waals surface area contributed by atoms with Crippen molar-refractivity contribution in [3.8, 4) is 0 Å². The van der Waals surface area contributed by atoms with Crippen LogP contribution < -0.4 is 4.90 Å². The first-order valence-electron chi connectivity index (χ1n) is 10.8. The van der Waals surface area contributed by atoms with E-state index in [0.717, 1.165) is 37.1 Å². The number of anilines is 1. The Kier molecular flexibility index (Phi) is 8.80. The van der Waals surface area contributed by atoms with Gasteiger partial charge >= 0.3 is 0 Å². The molecule has 1 N–H and O–H groups in total. The summed E-state index contributed by atoms with van der Waals surface area (Å²) in [6.45, 7) is 12.1. The van der Waals surface area contributed by atoms with Gasteiger partial charge in [-0.05, 0) is 54.2 Å². The summed E-state index contributed by atoms with van der Waals surface area (Å²) < 4.78 is 6.36. The molecule has 3 fully saturated rings. The summed E-state index contributed by atoms with van der Waals surface area (Å²) in [4.78, 5) is 4.71. The van der Waals surface area contributed by atoms with Crippen LogP contribution >= 0.6 is 36.4 Å². The molecule has 2 aliphatic carbocycles. The Morgan fingerprint density at radius 3 is 2.47 bits per heavy atom. The van der Waals surface area contributed by atoms with E-state index in [9.17, 15) is 5.11 Å². The maximum atomic E-state index is 10.6. The van der Waals surface area contributed by atoms with E-state index in [1.807, 2.05) is 18.2 Å². The molecule has 4 atom stereocenters. The van der Waals surface area contributed by atoms with Gasteiger partial charge < -0.3 is 14.7 Å². The normalized spacial score (nSPS) is 31.2. The van der Waals surface area contributed by atoms with E-state index < -0.39 is 6.10 Å². The third-order valence-corrected chi connectivity index (χ3v) is 7.84. The van der Waals surface area contributed by atoms with Crippen molar-refractivity contribution in [2.75, 3.05) is 44.2 Å². The van der Waals surface area contributed by atoms with E-state index in [1.165, 1.54) is 24.9 Å². The van der Waals surface area contributed by atoms with Gasteiger partial charge in [-0.3, -0.25) is 4.90 Å². The molecule has 1 heterocycles. The Morgan fingerprint density at radius 1 is 1.17 bits per heavy atom. The SMILES string of the molecule is CC12CCC(C1)C(C)(C)C2OCC(O)CN1CCN(c2cccc(Cl)c2)CC1.Cl.Cl. The van der Waals surface area contributed by atoms with Crippen molar-refractivity contribution < 1.29 is 9.84 Å². The number of ether oxygens (including phenoxy) is 1. The zero-order valence-corrected chi connectivity index (χ0v) is 20.7. The van der Waals surface area contributed by atoms with Crippen LogP contribution in [0.5, 0.6) is 0 Å². The highest BCUT2D eigenvalue weighted by Crippen LogP contribution is 2.63. The van der Waals surface area contributed by atoms with Crippen molar-refractivity contribution in [3.05, 3.63) is 29.3 Å². The third kappa shape index (κ3) is 5.22. The number of halogens is 3. The minimum Gasteiger partial charge on any atom is -0.389 e. The van der Waals surface area contributed by atoms with Gasteiger partial charge in [0.05, 0.1) is 18.8 Å². The van der Waals surface area contributed by atoms with Crippen molar-refractivity contribution in [2.45, 2.75) is 52.2 Å². The van der Waals surface area contributed by atoms with Gasteiger partial charge in [0.1, 0.15) is 0 Å². The van der Waals surface area contributed by atoms with Gasteiger partial charge in [0, 0.05) is 43.4 Å². The quantitative estimate of drug-likeness (QED) is 0.629. The second-order valence-corrected chi connectivity index (χ2v) is 10.5. The number of piperazine rings is 1. The van der Waals surface area contributed by atoms with Gasteiger partial charge in [0.15, 0.2) is 0 Å². The Morgan fingerprint density at radius 2 is 1.87 bits per heavy atom. The fraction of sp³-hybridized carbons (Fsp3) is 0.739. The highest BCUT2D eigenvalue weighted by atomic mass is 35.5. The van der Waals surface area contributed by atoms with Gasteiger partial charge in [-0.15, -0.1) is 24.8 Å². The van der Waals surface area contributed by atoms with Crippen LogP contribution in [-0.2, 0) is 4.74 Å². The summed E-state index contributed by atoms with van der Waals surface area (Å²) in [6.07, 6.45) is 3.74. The summed E-state index contributed by atoms with van der Waals surface area (Å²) in [7, 11) is 0. The molecule has 4 rings (SSSR count). The second-order valence-electron chi connectivity index (χ2n) is 10.0. The zero-order chi connectivity index (χ0) is 19.9. The maximum absolute atomic E-state index is 10.6. The molecule has 0 spiro atoms. The van der Waals surface area contributed by atoms with Gasteiger partial charge in [0.25, 0.3) is 0 Å². The highest BCUT2D eigenvalue weighted by Gasteiger charge is 2.60. The maximum Gasteiger partial charge on any atom is 0.0900 e. The first-order chi connectivity index (χ1) is 13.3. The summed E-state index contributed by atoms with van der Waals surface area (Å²) in [5.41, 5.74) is 1.72. The van der Waals surface area contributed by atoms with Crippen molar-refractivity contribution in [1.29, 1.82) is 0 Å². The highest BCUT2D eigenvalue weighted by molar-refractivity contribution is 6.30. The first-order valence-corrected chi connectivity index (χ1v) is 11.2. The lowest BCUT2D eigenvalue weighted by molar-refractivity contribution is -0.113. The van der Waals surface area contributed by atoms with Crippen molar-refractivity contribution in [2.24, 2.45) is 16.7 Å². The molecule has 1 aromatic carbocycles. The minimum absolute atomic E-state index is 0. The largest absolute Gasteiger partial charge is 0.389 e. The first kappa shape index (κ1) is 26.0. The molecule has 30 heavy (non-hydrogen) atoms. The number of aliphatic hydroxyl groups excluding tert-OH is 1. The zero-order valence-electron chi connectivity index (χ0n) is 18.3. The summed E-state index contributed by atoms with van der Waals surface area (Å²) in [6, 6.07) is 8.05. The molecule has 4 nitrogen and oxygen atoms in total. The molecule has 2 bridgehead atoms. The Hall–Kier alpha value is -0.230. The monoisotopic (exact) mass is 478 g/mol. The lowest BCUT2D eigenvalue weighted by atomic mass is 9.70. The Labute approximate surface area is 199 Å². The molecule has 0 radical (unpaired) electrons. The predicted octanol–water partition coefficient (Wildman–Crippen LogP) is 4.90. The molecule has 3 aliphatic rings. The third-order valence-electron chi connectivity index (χ3n) is 7.61. The number of β-amino-alcohol motifs (C(OH)–C–C–N with tert-alkyl or cyclic N) is 1. The predicted molar refractivity (Wildman–Crippen MR) is 130 cm³/mol. The molecule has 0 aromatic heterocycles. The molecule has 172 valence electrons. The van der Waals surface area contributed by atoms with Crippen LogP contribution in [0.3, 0.4) is 0 Å². The van der Waals surface area contributed by atoms with Crippen molar-refractivity contribution in [3.63, 3.8) is 0 Å². The van der Waals surface area contributed by atoms with E-state index in [2.05, 4.69) is 36.6 Å². The number of aliphatic hydroxyl groups is 1. The van der Waals surface area contributed by atoms with Crippen molar-refractivity contribution in [1.82, 2.24) is 4.90 Å². The Balaban J connectivity index is 0.00000160. The number of nitrogens with zero attached hydrogens (tertiary/aromatic N) is 2. The summed E-state index contributed by atoms with van der Waals surface area (Å²) in [5.74, 6) is 0.777. The number of rotatable bonds is 6. The van der Waals surface area contributed by atoms with Gasteiger partial charge in [-0.25, -0.2) is 0 Å². The molecule has 4 unspecified atom stereocenters. The van der Waals surface area contributed by atoms with Crippen LogP contribution in [0.15, 0.2) is 24.3 Å². The molecule has 7 heteroatoms. The van der Waals surface area contributed by atoms with Crippen LogP contribution in [0, 0.1) is 16.7 Å². The topological polar surface area (TPSA) is 35.9 Å². The Bertz CT molecular complexity index is 692. The molecule has 1 aliphatic heterocycles. The summed E-state index contributed by atoms with van der Waals surface area (Å²) in [5, 5.41) is 11.4. The average Bonchev–Trinajstić information content (AvgIpc) is 3.13.